The molecule has 7 heteroatoms. The van der Waals surface area contributed by atoms with Crippen LogP contribution < -0.4 is 11.0 Å². The lowest BCUT2D eigenvalue weighted by atomic mass is 10.1. The van der Waals surface area contributed by atoms with E-state index in [-0.39, 0.29) is 11.7 Å². The molecule has 0 radical (unpaired) electrons. The fourth-order valence-corrected chi connectivity index (χ4v) is 2.81. The van der Waals surface area contributed by atoms with Gasteiger partial charge in [0, 0.05) is 11.6 Å². The van der Waals surface area contributed by atoms with E-state index < -0.39 is 0 Å². The van der Waals surface area contributed by atoms with Crippen LogP contribution in [0, 0.1) is 11.3 Å². The van der Waals surface area contributed by atoms with Crippen LogP contribution in [-0.2, 0) is 0 Å². The monoisotopic (exact) mass is 330 g/mol. The van der Waals surface area contributed by atoms with E-state index in [0.717, 1.165) is 22.0 Å². The summed E-state index contributed by atoms with van der Waals surface area (Å²) in [5.41, 5.74) is 3.28. The van der Waals surface area contributed by atoms with Crippen molar-refractivity contribution in [3.05, 3.63) is 64.2 Å². The first-order valence-corrected chi connectivity index (χ1v) is 7.78. The Labute approximate surface area is 142 Å². The van der Waals surface area contributed by atoms with Crippen molar-refractivity contribution < 1.29 is 0 Å². The maximum absolute atomic E-state index is 11.4. The largest absolute Gasteiger partial charge is 0.362 e. The van der Waals surface area contributed by atoms with Gasteiger partial charge in [-0.15, -0.1) is 0 Å². The average molecular weight is 330 g/mol. The van der Waals surface area contributed by atoms with Crippen LogP contribution in [-0.4, -0.2) is 19.9 Å². The van der Waals surface area contributed by atoms with Crippen molar-refractivity contribution in [2.75, 3.05) is 5.32 Å². The summed E-state index contributed by atoms with van der Waals surface area (Å²) in [5, 5.41) is 13.5. The number of fused-ring (bicyclic) bond motifs is 2. The van der Waals surface area contributed by atoms with E-state index in [9.17, 15) is 10.1 Å². The number of aromatic amines is 2. The molecule has 1 aromatic carbocycles. The molecule has 4 rings (SSSR count). The zero-order chi connectivity index (χ0) is 17.4. The quantitative estimate of drug-likeness (QED) is 0.535. The van der Waals surface area contributed by atoms with Gasteiger partial charge in [0.25, 0.3) is 0 Å². The average Bonchev–Trinajstić information content (AvgIpc) is 3.00. The molecular weight excluding hydrogens is 316 g/mol. The van der Waals surface area contributed by atoms with Gasteiger partial charge < -0.3 is 15.3 Å². The molecule has 0 amide bonds. The number of nitriles is 1. The number of anilines is 1. The molecule has 0 saturated carbocycles. The molecule has 0 aliphatic rings. The van der Waals surface area contributed by atoms with E-state index in [4.69, 9.17) is 0 Å². The molecule has 1 unspecified atom stereocenters. The van der Waals surface area contributed by atoms with Crippen LogP contribution in [0.5, 0.6) is 0 Å². The highest BCUT2D eigenvalue weighted by Gasteiger charge is 2.12. The van der Waals surface area contributed by atoms with Gasteiger partial charge in [0.2, 0.25) is 0 Å². The predicted molar refractivity (Wildman–Crippen MR) is 95.2 cm³/mol. The van der Waals surface area contributed by atoms with E-state index in [1.54, 1.807) is 12.3 Å². The Morgan fingerprint density at radius 3 is 2.88 bits per heavy atom. The molecule has 25 heavy (non-hydrogen) atoms. The first-order valence-electron chi connectivity index (χ1n) is 7.78. The molecule has 3 N–H and O–H groups in total. The summed E-state index contributed by atoms with van der Waals surface area (Å²) in [6, 6.07) is 13.2. The van der Waals surface area contributed by atoms with Gasteiger partial charge >= 0.3 is 5.69 Å². The number of imidazole rings is 1. The molecule has 122 valence electrons. The number of hydrogen-bond acceptors (Lipinski definition) is 5. The maximum Gasteiger partial charge on any atom is 0.323 e. The van der Waals surface area contributed by atoms with Crippen molar-refractivity contribution >= 4 is 27.9 Å². The second-order valence-corrected chi connectivity index (χ2v) is 5.80. The Hall–Kier alpha value is -3.66. The van der Waals surface area contributed by atoms with Crippen LogP contribution in [0.1, 0.15) is 24.1 Å². The molecule has 0 saturated heterocycles. The van der Waals surface area contributed by atoms with Crippen LogP contribution in [0.2, 0.25) is 0 Å². The van der Waals surface area contributed by atoms with Gasteiger partial charge in [0.15, 0.2) is 5.65 Å². The first kappa shape index (κ1) is 14.9. The summed E-state index contributed by atoms with van der Waals surface area (Å²) in [6.45, 7) is 1.97. The van der Waals surface area contributed by atoms with Gasteiger partial charge in [-0.25, -0.2) is 14.8 Å². The maximum atomic E-state index is 11.4. The first-order chi connectivity index (χ1) is 12.1. The van der Waals surface area contributed by atoms with Crippen LogP contribution in [0.25, 0.3) is 22.1 Å². The molecule has 0 spiro atoms. The third kappa shape index (κ3) is 2.70. The molecule has 0 bridgehead atoms. The molecule has 4 aromatic rings. The van der Waals surface area contributed by atoms with Crippen molar-refractivity contribution in [3.63, 3.8) is 0 Å². The molecule has 3 aromatic heterocycles. The van der Waals surface area contributed by atoms with Crippen molar-refractivity contribution in [1.82, 2.24) is 19.9 Å². The van der Waals surface area contributed by atoms with E-state index in [1.807, 2.05) is 37.3 Å². The predicted octanol–water partition coefficient (Wildman–Crippen LogP) is 2.84. The van der Waals surface area contributed by atoms with Crippen molar-refractivity contribution in [2.45, 2.75) is 13.0 Å². The molecule has 7 nitrogen and oxygen atoms in total. The molecule has 0 aliphatic carbocycles. The van der Waals surface area contributed by atoms with Crippen LogP contribution >= 0.6 is 0 Å². The van der Waals surface area contributed by atoms with E-state index >= 15 is 0 Å². The molecular formula is C18H14N6O. The van der Waals surface area contributed by atoms with Gasteiger partial charge in [-0.1, -0.05) is 6.07 Å². The number of nitrogens with zero attached hydrogens (tertiary/aromatic N) is 3. The fraction of sp³-hybridized carbons (Fsp3) is 0.111. The number of pyridine rings is 2. The molecule has 1 atom stereocenters. The zero-order valence-electron chi connectivity index (χ0n) is 13.4. The van der Waals surface area contributed by atoms with Gasteiger partial charge in [-0.2, -0.15) is 5.26 Å². The molecule has 3 heterocycles. The summed E-state index contributed by atoms with van der Waals surface area (Å²) in [7, 11) is 0. The normalized spacial score (nSPS) is 12.2. The van der Waals surface area contributed by atoms with Crippen molar-refractivity contribution in [2.24, 2.45) is 0 Å². The van der Waals surface area contributed by atoms with Crippen molar-refractivity contribution in [3.8, 4) is 6.07 Å². The third-order valence-electron chi connectivity index (χ3n) is 4.10. The highest BCUT2D eigenvalue weighted by atomic mass is 16.1. The fourth-order valence-electron chi connectivity index (χ4n) is 2.81. The van der Waals surface area contributed by atoms with Crippen molar-refractivity contribution in [1.29, 1.82) is 5.26 Å². The Morgan fingerprint density at radius 2 is 2.04 bits per heavy atom. The van der Waals surface area contributed by atoms with E-state index in [0.29, 0.717) is 17.0 Å². The van der Waals surface area contributed by atoms with E-state index in [1.165, 1.54) is 0 Å². The Balaban J connectivity index is 1.71. The highest BCUT2D eigenvalue weighted by molar-refractivity contribution is 5.80. The van der Waals surface area contributed by atoms with Gasteiger partial charge in [-0.3, -0.25) is 0 Å². The third-order valence-corrected chi connectivity index (χ3v) is 4.10. The lowest BCUT2D eigenvalue weighted by Crippen LogP contribution is -2.09. The lowest BCUT2D eigenvalue weighted by Gasteiger charge is -2.16. The number of hydrogen-bond donors (Lipinski definition) is 3. The summed E-state index contributed by atoms with van der Waals surface area (Å²) in [6.07, 6.45) is 1.67. The summed E-state index contributed by atoms with van der Waals surface area (Å²) in [5.74, 6) is 0.490. The minimum Gasteiger partial charge on any atom is -0.362 e. The standard InChI is InChI=1S/C18H14N6O/c1-10(11-4-5-14-15(8-11)23-18(25)22-14)21-17-13(9-19)7-12-3-2-6-20-16(12)24-17/h2-8,10H,1H3,(H,20,21,24)(H2,22,23,25). The summed E-state index contributed by atoms with van der Waals surface area (Å²) in [4.78, 5) is 25.6. The van der Waals surface area contributed by atoms with Crippen LogP contribution in [0.15, 0.2) is 47.4 Å². The van der Waals surface area contributed by atoms with E-state index in [2.05, 4.69) is 31.3 Å². The number of rotatable bonds is 3. The smallest absolute Gasteiger partial charge is 0.323 e. The SMILES string of the molecule is CC(Nc1nc2ncccc2cc1C#N)c1ccc2[nH]c(=O)[nH]c2c1. The number of benzene rings is 1. The summed E-state index contributed by atoms with van der Waals surface area (Å²) < 4.78 is 0. The highest BCUT2D eigenvalue weighted by Crippen LogP contribution is 2.24. The Morgan fingerprint density at radius 1 is 1.20 bits per heavy atom. The Kier molecular flexibility index (Phi) is 3.43. The van der Waals surface area contributed by atoms with Crippen LogP contribution in [0.4, 0.5) is 5.82 Å². The second kappa shape index (κ2) is 5.76. The summed E-state index contributed by atoms with van der Waals surface area (Å²) >= 11 is 0. The number of aromatic nitrogens is 4. The Bertz CT molecular complexity index is 1180. The molecule has 0 aliphatic heterocycles. The minimum absolute atomic E-state index is 0.108. The topological polar surface area (TPSA) is 110 Å². The zero-order valence-corrected chi connectivity index (χ0v) is 13.4. The number of nitrogens with one attached hydrogen (secondary N) is 3. The minimum atomic E-state index is -0.234. The molecule has 0 fully saturated rings. The lowest BCUT2D eigenvalue weighted by molar-refractivity contribution is 0.876. The van der Waals surface area contributed by atoms with Gasteiger partial charge in [0.05, 0.1) is 22.6 Å². The van der Waals surface area contributed by atoms with Gasteiger partial charge in [0.1, 0.15) is 11.9 Å². The second-order valence-electron chi connectivity index (χ2n) is 5.80. The number of H-pyrrole nitrogens is 2. The van der Waals surface area contributed by atoms with Gasteiger partial charge in [-0.05, 0) is 42.8 Å². The van der Waals surface area contributed by atoms with Crippen LogP contribution in [0.3, 0.4) is 0 Å².